The van der Waals surface area contributed by atoms with Gasteiger partial charge >= 0.3 is 11.9 Å². The van der Waals surface area contributed by atoms with Crippen molar-refractivity contribution >= 4 is 11.9 Å². The van der Waals surface area contributed by atoms with E-state index in [4.69, 9.17) is 4.74 Å². The van der Waals surface area contributed by atoms with Crippen LogP contribution in [0.15, 0.2) is 12.2 Å². The van der Waals surface area contributed by atoms with Crippen LogP contribution in [0.25, 0.3) is 0 Å². The molecule has 7 atom stereocenters. The molecule has 0 heterocycles. The second-order valence-electron chi connectivity index (χ2n) is 10.3. The van der Waals surface area contributed by atoms with Gasteiger partial charge in [-0.2, -0.15) is 0 Å². The van der Waals surface area contributed by atoms with Crippen molar-refractivity contribution in [1.29, 1.82) is 0 Å². The molecule has 0 aromatic rings. The molecular weight excluding hydrogens is 328 g/mol. The third-order valence-electron chi connectivity index (χ3n) is 8.78. The Labute approximate surface area is 156 Å². The average Bonchev–Trinajstić information content (AvgIpc) is 2.80. The number of esters is 1. The van der Waals surface area contributed by atoms with E-state index in [0.717, 1.165) is 38.5 Å². The van der Waals surface area contributed by atoms with E-state index in [0.29, 0.717) is 12.3 Å². The minimum atomic E-state index is -0.726. The summed E-state index contributed by atoms with van der Waals surface area (Å²) in [4.78, 5) is 24.2. The quantitative estimate of drug-likeness (QED) is 0.578. The first-order chi connectivity index (χ1) is 12.1. The number of allylic oxidation sites excluding steroid dienone is 1. The van der Waals surface area contributed by atoms with Crippen LogP contribution in [0.4, 0.5) is 0 Å². The number of carbonyl (C=O) groups excluding carboxylic acids is 1. The largest absolute Gasteiger partial charge is 0.481 e. The summed E-state index contributed by atoms with van der Waals surface area (Å²) in [5.41, 5.74) is -0.641. The molecule has 7 unspecified atom stereocenters. The van der Waals surface area contributed by atoms with E-state index in [1.807, 2.05) is 6.92 Å². The lowest BCUT2D eigenvalue weighted by Gasteiger charge is -2.65. The highest BCUT2D eigenvalue weighted by atomic mass is 16.5. The van der Waals surface area contributed by atoms with Crippen molar-refractivity contribution < 1.29 is 19.4 Å². The summed E-state index contributed by atoms with van der Waals surface area (Å²) in [6, 6.07) is 0. The van der Waals surface area contributed by atoms with Gasteiger partial charge in [0.1, 0.15) is 6.10 Å². The standard InChI is InChI=1S/C22H32O4/c1-14(23)26-17-12-16-20(3,7-5-8-21(16,4)18(24)25)15-6-9-19(2)10-11-22(15,17)13-19/h10-11,15-17H,5-9,12-13H2,1-4H3,(H,24,25). The molecule has 0 saturated heterocycles. The van der Waals surface area contributed by atoms with Gasteiger partial charge in [0.15, 0.2) is 0 Å². The molecule has 0 aromatic heterocycles. The van der Waals surface area contributed by atoms with E-state index in [-0.39, 0.29) is 34.2 Å². The Morgan fingerprint density at radius 1 is 1.08 bits per heavy atom. The van der Waals surface area contributed by atoms with Crippen LogP contribution in [0.5, 0.6) is 0 Å². The number of hydrogen-bond acceptors (Lipinski definition) is 3. The van der Waals surface area contributed by atoms with Crippen LogP contribution in [-0.2, 0) is 14.3 Å². The molecule has 4 aliphatic rings. The first kappa shape index (κ1) is 18.1. The van der Waals surface area contributed by atoms with Gasteiger partial charge in [0.2, 0.25) is 0 Å². The monoisotopic (exact) mass is 360 g/mol. The maximum Gasteiger partial charge on any atom is 0.309 e. The summed E-state index contributed by atoms with van der Waals surface area (Å²) in [5.74, 6) is -0.482. The zero-order valence-corrected chi connectivity index (χ0v) is 16.5. The lowest BCUT2D eigenvalue weighted by atomic mass is 9.39. The molecule has 1 N–H and O–H groups in total. The minimum absolute atomic E-state index is 0.00194. The maximum atomic E-state index is 12.2. The van der Waals surface area contributed by atoms with Crippen LogP contribution in [0.3, 0.4) is 0 Å². The van der Waals surface area contributed by atoms with Gasteiger partial charge in [-0.1, -0.05) is 32.4 Å². The number of carbonyl (C=O) groups is 2. The van der Waals surface area contributed by atoms with Crippen molar-refractivity contribution in [2.75, 3.05) is 0 Å². The van der Waals surface area contributed by atoms with E-state index in [1.54, 1.807) is 0 Å². The summed E-state index contributed by atoms with van der Waals surface area (Å²) in [6.07, 6.45) is 11.3. The van der Waals surface area contributed by atoms with Crippen molar-refractivity contribution in [1.82, 2.24) is 0 Å². The lowest BCUT2D eigenvalue weighted by molar-refractivity contribution is -0.213. The van der Waals surface area contributed by atoms with Crippen LogP contribution < -0.4 is 0 Å². The van der Waals surface area contributed by atoms with E-state index in [2.05, 4.69) is 26.0 Å². The summed E-state index contributed by atoms with van der Waals surface area (Å²) in [7, 11) is 0. The molecule has 4 rings (SSSR count). The van der Waals surface area contributed by atoms with Crippen LogP contribution in [0.2, 0.25) is 0 Å². The molecule has 3 fully saturated rings. The number of hydrogen-bond donors (Lipinski definition) is 1. The first-order valence-electron chi connectivity index (χ1n) is 10.2. The predicted molar refractivity (Wildman–Crippen MR) is 98.4 cm³/mol. The van der Waals surface area contributed by atoms with Gasteiger partial charge < -0.3 is 9.84 Å². The zero-order valence-electron chi connectivity index (χ0n) is 16.5. The Kier molecular flexibility index (Phi) is 3.72. The molecular formula is C22H32O4. The molecule has 0 amide bonds. The Morgan fingerprint density at radius 2 is 1.81 bits per heavy atom. The van der Waals surface area contributed by atoms with Gasteiger partial charge in [-0.3, -0.25) is 9.59 Å². The van der Waals surface area contributed by atoms with E-state index in [9.17, 15) is 14.7 Å². The summed E-state index contributed by atoms with van der Waals surface area (Å²) in [6.45, 7) is 8.06. The fraction of sp³-hybridized carbons (Fsp3) is 0.818. The summed E-state index contributed by atoms with van der Waals surface area (Å²) in [5, 5.41) is 10.1. The Balaban J connectivity index is 1.82. The normalized spacial score (nSPS) is 52.1. The third-order valence-corrected chi connectivity index (χ3v) is 8.78. The van der Waals surface area contributed by atoms with Gasteiger partial charge in [0.25, 0.3) is 0 Å². The molecule has 4 nitrogen and oxygen atoms in total. The average molecular weight is 360 g/mol. The highest BCUT2D eigenvalue weighted by Crippen LogP contribution is 2.72. The van der Waals surface area contributed by atoms with Gasteiger partial charge in [0, 0.05) is 12.3 Å². The van der Waals surface area contributed by atoms with Crippen LogP contribution >= 0.6 is 0 Å². The molecule has 0 radical (unpaired) electrons. The van der Waals surface area contributed by atoms with E-state index >= 15 is 0 Å². The van der Waals surface area contributed by atoms with Gasteiger partial charge in [-0.15, -0.1) is 0 Å². The number of carboxylic acid groups (broad SMARTS) is 1. The molecule has 3 saturated carbocycles. The third kappa shape index (κ3) is 2.20. The molecule has 26 heavy (non-hydrogen) atoms. The minimum Gasteiger partial charge on any atom is -0.481 e. The van der Waals surface area contributed by atoms with Gasteiger partial charge in [-0.05, 0) is 68.1 Å². The van der Waals surface area contributed by atoms with Crippen molar-refractivity contribution in [3.8, 4) is 0 Å². The molecule has 4 heteroatoms. The van der Waals surface area contributed by atoms with Crippen molar-refractivity contribution in [3.63, 3.8) is 0 Å². The molecule has 0 aliphatic heterocycles. The number of rotatable bonds is 2. The van der Waals surface area contributed by atoms with E-state index in [1.165, 1.54) is 6.92 Å². The second-order valence-corrected chi connectivity index (χ2v) is 10.3. The maximum absolute atomic E-state index is 12.2. The predicted octanol–water partition coefficient (Wildman–Crippen LogP) is 4.58. The molecule has 0 aromatic carbocycles. The van der Waals surface area contributed by atoms with Crippen molar-refractivity contribution in [2.45, 2.75) is 78.7 Å². The first-order valence-corrected chi connectivity index (χ1v) is 10.2. The van der Waals surface area contributed by atoms with Crippen molar-refractivity contribution in [2.24, 2.45) is 33.5 Å². The van der Waals surface area contributed by atoms with E-state index < -0.39 is 11.4 Å². The van der Waals surface area contributed by atoms with Crippen LogP contribution in [-0.4, -0.2) is 23.1 Å². The second kappa shape index (κ2) is 5.36. The zero-order chi connectivity index (χ0) is 19.0. The number of fused-ring (bicyclic) bond motifs is 3. The Hall–Kier alpha value is -1.32. The molecule has 1 spiro atoms. The highest BCUT2D eigenvalue weighted by molar-refractivity contribution is 5.75. The van der Waals surface area contributed by atoms with Gasteiger partial charge in [0.05, 0.1) is 5.41 Å². The molecule has 144 valence electrons. The number of carboxylic acids is 1. The highest BCUT2D eigenvalue weighted by Gasteiger charge is 2.68. The molecule has 4 aliphatic carbocycles. The fourth-order valence-corrected chi connectivity index (χ4v) is 7.62. The van der Waals surface area contributed by atoms with Gasteiger partial charge in [-0.25, -0.2) is 0 Å². The van der Waals surface area contributed by atoms with Crippen molar-refractivity contribution in [3.05, 3.63) is 12.2 Å². The lowest BCUT2D eigenvalue weighted by Crippen LogP contribution is -2.63. The van der Waals surface area contributed by atoms with Crippen LogP contribution in [0, 0.1) is 33.5 Å². The van der Waals surface area contributed by atoms with Crippen LogP contribution in [0.1, 0.15) is 72.6 Å². The smallest absolute Gasteiger partial charge is 0.309 e. The topological polar surface area (TPSA) is 63.6 Å². The fourth-order valence-electron chi connectivity index (χ4n) is 7.62. The number of aliphatic carboxylic acids is 1. The number of ether oxygens (including phenoxy) is 1. The SMILES string of the molecule is CC(=O)OC1CC2C(C)(C(=O)O)CCCC2(C)C2CCC3(C)C=CC12C3. The Morgan fingerprint density at radius 3 is 2.46 bits per heavy atom. The summed E-state index contributed by atoms with van der Waals surface area (Å²) < 4.78 is 5.91. The molecule has 2 bridgehead atoms. The Bertz CT molecular complexity index is 684. The summed E-state index contributed by atoms with van der Waals surface area (Å²) >= 11 is 0.